The molecule has 3 nitrogen and oxygen atoms in total. The summed E-state index contributed by atoms with van der Waals surface area (Å²) >= 11 is 0. The number of benzene rings is 2. The Morgan fingerprint density at radius 3 is 2.39 bits per heavy atom. The molecule has 0 unspecified atom stereocenters. The second kappa shape index (κ2) is 5.45. The molecular formula is C15H18N2O. The Morgan fingerprint density at radius 1 is 1.06 bits per heavy atom. The maximum absolute atomic E-state index is 9.36. The van der Waals surface area contributed by atoms with Crippen molar-refractivity contribution in [3.8, 4) is 5.75 Å². The lowest BCUT2D eigenvalue weighted by atomic mass is 10.2. The molecule has 0 aromatic heterocycles. The zero-order valence-corrected chi connectivity index (χ0v) is 10.7. The molecule has 0 fully saturated rings. The molecule has 2 N–H and O–H groups in total. The number of hydrogen-bond donors (Lipinski definition) is 2. The Bertz CT molecular complexity index is 506. The number of rotatable bonds is 4. The fourth-order valence-electron chi connectivity index (χ4n) is 1.73. The molecule has 0 saturated carbocycles. The smallest absolute Gasteiger partial charge is 0.117 e. The Labute approximate surface area is 108 Å². The maximum Gasteiger partial charge on any atom is 0.117 e. The lowest BCUT2D eigenvalue weighted by Crippen LogP contribution is -2.08. The van der Waals surface area contributed by atoms with Crippen molar-refractivity contribution < 1.29 is 5.11 Å². The van der Waals surface area contributed by atoms with E-state index < -0.39 is 0 Å². The monoisotopic (exact) mass is 242 g/mol. The average molecular weight is 242 g/mol. The van der Waals surface area contributed by atoms with E-state index in [0.29, 0.717) is 0 Å². The molecule has 94 valence electrons. The van der Waals surface area contributed by atoms with E-state index >= 15 is 0 Å². The van der Waals surface area contributed by atoms with Crippen LogP contribution in [0.2, 0.25) is 0 Å². The highest BCUT2D eigenvalue weighted by Gasteiger charge is 1.97. The number of anilines is 2. The van der Waals surface area contributed by atoms with Gasteiger partial charge in [-0.25, -0.2) is 0 Å². The van der Waals surface area contributed by atoms with Crippen molar-refractivity contribution in [1.29, 1.82) is 0 Å². The predicted molar refractivity (Wildman–Crippen MR) is 76.2 cm³/mol. The summed E-state index contributed by atoms with van der Waals surface area (Å²) in [6.45, 7) is 0.747. The van der Waals surface area contributed by atoms with Crippen LogP contribution in [-0.4, -0.2) is 19.2 Å². The molecule has 0 bridgehead atoms. The number of hydrogen-bond acceptors (Lipinski definition) is 3. The summed E-state index contributed by atoms with van der Waals surface area (Å²) in [4.78, 5) is 2.08. The van der Waals surface area contributed by atoms with Crippen LogP contribution in [0, 0.1) is 0 Å². The molecule has 0 saturated heterocycles. The topological polar surface area (TPSA) is 35.5 Å². The van der Waals surface area contributed by atoms with Crippen LogP contribution in [0.3, 0.4) is 0 Å². The van der Waals surface area contributed by atoms with Crippen molar-refractivity contribution in [1.82, 2.24) is 0 Å². The highest BCUT2D eigenvalue weighted by atomic mass is 16.3. The molecule has 0 aliphatic heterocycles. The van der Waals surface area contributed by atoms with Crippen molar-refractivity contribution in [2.45, 2.75) is 6.54 Å². The minimum atomic E-state index is 0.281. The first-order valence-electron chi connectivity index (χ1n) is 5.94. The lowest BCUT2D eigenvalue weighted by Gasteiger charge is -2.13. The van der Waals surface area contributed by atoms with E-state index in [1.807, 2.05) is 26.2 Å². The van der Waals surface area contributed by atoms with Gasteiger partial charge in [-0.05, 0) is 29.8 Å². The number of phenolic OH excluding ortho intramolecular Hbond substituents is 1. The minimum absolute atomic E-state index is 0.281. The second-order valence-corrected chi connectivity index (χ2v) is 4.46. The van der Waals surface area contributed by atoms with Gasteiger partial charge in [-0.15, -0.1) is 0 Å². The first-order chi connectivity index (χ1) is 8.65. The summed E-state index contributed by atoms with van der Waals surface area (Å²) in [6, 6.07) is 15.5. The summed E-state index contributed by atoms with van der Waals surface area (Å²) in [5, 5.41) is 12.6. The van der Waals surface area contributed by atoms with Crippen molar-refractivity contribution in [3.05, 3.63) is 54.1 Å². The SMILES string of the molecule is CN(C)c1ccc(CNc2cccc(O)c2)cc1. The van der Waals surface area contributed by atoms with Crippen LogP contribution in [0.5, 0.6) is 5.75 Å². The highest BCUT2D eigenvalue weighted by Crippen LogP contribution is 2.17. The largest absolute Gasteiger partial charge is 0.508 e. The van der Waals surface area contributed by atoms with E-state index in [4.69, 9.17) is 0 Å². The molecule has 0 radical (unpaired) electrons. The molecule has 0 amide bonds. The molecule has 18 heavy (non-hydrogen) atoms. The van der Waals surface area contributed by atoms with Gasteiger partial charge in [0.15, 0.2) is 0 Å². The first kappa shape index (κ1) is 12.3. The van der Waals surface area contributed by atoms with Crippen LogP contribution in [0.4, 0.5) is 11.4 Å². The fraction of sp³-hybridized carbons (Fsp3) is 0.200. The van der Waals surface area contributed by atoms with E-state index in [1.165, 1.54) is 11.3 Å². The highest BCUT2D eigenvalue weighted by molar-refractivity contribution is 5.49. The van der Waals surface area contributed by atoms with E-state index in [2.05, 4.69) is 34.5 Å². The van der Waals surface area contributed by atoms with Crippen LogP contribution >= 0.6 is 0 Å². The van der Waals surface area contributed by atoms with Gasteiger partial charge in [0.05, 0.1) is 0 Å². The number of phenols is 1. The standard InChI is InChI=1S/C15H18N2O/c1-17(2)14-8-6-12(7-9-14)11-16-13-4-3-5-15(18)10-13/h3-10,16,18H,11H2,1-2H3. The predicted octanol–water partition coefficient (Wildman–Crippen LogP) is 3.07. The van der Waals surface area contributed by atoms with Gasteiger partial charge in [0.25, 0.3) is 0 Å². The Morgan fingerprint density at radius 2 is 1.78 bits per heavy atom. The third-order valence-electron chi connectivity index (χ3n) is 2.80. The van der Waals surface area contributed by atoms with Gasteiger partial charge in [-0.2, -0.15) is 0 Å². The number of nitrogens with one attached hydrogen (secondary N) is 1. The van der Waals surface area contributed by atoms with Gasteiger partial charge in [-0.3, -0.25) is 0 Å². The Balaban J connectivity index is 1.98. The molecule has 2 aromatic carbocycles. The maximum atomic E-state index is 9.36. The van der Waals surface area contributed by atoms with Crippen molar-refractivity contribution in [2.24, 2.45) is 0 Å². The zero-order chi connectivity index (χ0) is 13.0. The molecule has 3 heteroatoms. The molecule has 0 atom stereocenters. The average Bonchev–Trinajstić information content (AvgIpc) is 2.37. The second-order valence-electron chi connectivity index (χ2n) is 4.46. The van der Waals surface area contributed by atoms with Gasteiger partial charge < -0.3 is 15.3 Å². The summed E-state index contributed by atoms with van der Waals surface area (Å²) in [5.74, 6) is 0.281. The number of nitrogens with zero attached hydrogens (tertiary/aromatic N) is 1. The van der Waals surface area contributed by atoms with Crippen molar-refractivity contribution in [3.63, 3.8) is 0 Å². The van der Waals surface area contributed by atoms with Crippen LogP contribution in [0.25, 0.3) is 0 Å². The molecule has 0 heterocycles. The van der Waals surface area contributed by atoms with E-state index in [9.17, 15) is 5.11 Å². The van der Waals surface area contributed by atoms with Gasteiger partial charge in [-0.1, -0.05) is 18.2 Å². The van der Waals surface area contributed by atoms with Crippen molar-refractivity contribution in [2.75, 3.05) is 24.3 Å². The van der Waals surface area contributed by atoms with Gasteiger partial charge >= 0.3 is 0 Å². The van der Waals surface area contributed by atoms with Gasteiger partial charge in [0.1, 0.15) is 5.75 Å². The van der Waals surface area contributed by atoms with Crippen molar-refractivity contribution >= 4 is 11.4 Å². The molecule has 2 aromatic rings. The summed E-state index contributed by atoms with van der Waals surface area (Å²) in [7, 11) is 4.06. The molecule has 0 spiro atoms. The first-order valence-corrected chi connectivity index (χ1v) is 5.94. The fourth-order valence-corrected chi connectivity index (χ4v) is 1.73. The van der Waals surface area contributed by atoms with Gasteiger partial charge in [0.2, 0.25) is 0 Å². The van der Waals surface area contributed by atoms with E-state index in [1.54, 1.807) is 12.1 Å². The third kappa shape index (κ3) is 3.17. The Hall–Kier alpha value is -2.16. The zero-order valence-electron chi connectivity index (χ0n) is 10.7. The normalized spacial score (nSPS) is 10.1. The molecular weight excluding hydrogens is 224 g/mol. The summed E-state index contributed by atoms with van der Waals surface area (Å²) in [6.07, 6.45) is 0. The summed E-state index contributed by atoms with van der Waals surface area (Å²) in [5.41, 5.74) is 3.33. The van der Waals surface area contributed by atoms with Crippen LogP contribution < -0.4 is 10.2 Å². The van der Waals surface area contributed by atoms with Gasteiger partial charge in [0, 0.05) is 38.1 Å². The molecule has 0 aliphatic rings. The summed E-state index contributed by atoms with van der Waals surface area (Å²) < 4.78 is 0. The van der Waals surface area contributed by atoms with E-state index in [0.717, 1.165) is 12.2 Å². The molecule has 0 aliphatic carbocycles. The van der Waals surface area contributed by atoms with Crippen LogP contribution in [0.15, 0.2) is 48.5 Å². The van der Waals surface area contributed by atoms with E-state index in [-0.39, 0.29) is 5.75 Å². The Kier molecular flexibility index (Phi) is 3.72. The lowest BCUT2D eigenvalue weighted by molar-refractivity contribution is 0.475. The number of aromatic hydroxyl groups is 1. The van der Waals surface area contributed by atoms with Crippen LogP contribution in [-0.2, 0) is 6.54 Å². The minimum Gasteiger partial charge on any atom is -0.508 e. The molecule has 2 rings (SSSR count). The van der Waals surface area contributed by atoms with Crippen LogP contribution in [0.1, 0.15) is 5.56 Å². The third-order valence-corrected chi connectivity index (χ3v) is 2.80. The quantitative estimate of drug-likeness (QED) is 0.865.